The lowest BCUT2D eigenvalue weighted by atomic mass is 9.77. The Morgan fingerprint density at radius 1 is 1.03 bits per heavy atom. The van der Waals surface area contributed by atoms with Gasteiger partial charge in [-0.3, -0.25) is 19.3 Å². The summed E-state index contributed by atoms with van der Waals surface area (Å²) in [7, 11) is 1.61. The van der Waals surface area contributed by atoms with Gasteiger partial charge in [-0.2, -0.15) is 0 Å². The number of amides is 3. The van der Waals surface area contributed by atoms with E-state index in [1.807, 2.05) is 48.5 Å². The van der Waals surface area contributed by atoms with Gasteiger partial charge in [-0.05, 0) is 49.1 Å². The molecule has 0 unspecified atom stereocenters. The molecule has 30 heavy (non-hydrogen) atoms. The number of anilines is 2. The Labute approximate surface area is 175 Å². The van der Waals surface area contributed by atoms with Crippen molar-refractivity contribution in [2.24, 2.45) is 5.92 Å². The summed E-state index contributed by atoms with van der Waals surface area (Å²) in [6.07, 6.45) is 3.30. The number of carbonyl (C=O) groups excluding carboxylic acids is 3. The lowest BCUT2D eigenvalue weighted by Gasteiger charge is -2.46. The van der Waals surface area contributed by atoms with Gasteiger partial charge in [0.25, 0.3) is 5.91 Å². The normalized spacial score (nSPS) is 22.9. The van der Waals surface area contributed by atoms with E-state index in [2.05, 4.69) is 5.32 Å². The fourth-order valence-electron chi connectivity index (χ4n) is 5.00. The Morgan fingerprint density at radius 2 is 1.80 bits per heavy atom. The van der Waals surface area contributed by atoms with Crippen molar-refractivity contribution in [3.05, 3.63) is 59.7 Å². The summed E-state index contributed by atoms with van der Waals surface area (Å²) in [4.78, 5) is 43.0. The molecule has 0 radical (unpaired) electrons. The van der Waals surface area contributed by atoms with E-state index in [9.17, 15) is 14.4 Å². The van der Waals surface area contributed by atoms with Crippen molar-refractivity contribution < 1.29 is 14.4 Å². The molecule has 2 aromatic rings. The minimum atomic E-state index is -0.554. The third-order valence-corrected chi connectivity index (χ3v) is 6.76. The topological polar surface area (TPSA) is 69.7 Å². The number of rotatable bonds is 3. The lowest BCUT2D eigenvalue weighted by molar-refractivity contribution is -0.129. The van der Waals surface area contributed by atoms with Gasteiger partial charge in [-0.15, -0.1) is 0 Å². The molecule has 0 bridgehead atoms. The Hall–Kier alpha value is -3.15. The number of likely N-dealkylation sites (N-methyl/N-ethyl adjacent to an activating group) is 1. The summed E-state index contributed by atoms with van der Waals surface area (Å²) < 4.78 is 0. The Kier molecular flexibility index (Phi) is 4.57. The SMILES string of the molecule is CNC(=O)[C@@H]1C[C@H]2CN(c3ccccc3)C(=O)c3cccc(c32)N1C(=O)C1CCC1. The molecular formula is C24H25N3O3. The van der Waals surface area contributed by atoms with Crippen LogP contribution >= 0.6 is 0 Å². The third kappa shape index (κ3) is 2.82. The Morgan fingerprint density at radius 3 is 2.47 bits per heavy atom. The molecule has 1 fully saturated rings. The number of hydrogen-bond donors (Lipinski definition) is 1. The van der Waals surface area contributed by atoms with E-state index in [0.29, 0.717) is 18.5 Å². The fourth-order valence-corrected chi connectivity index (χ4v) is 5.00. The van der Waals surface area contributed by atoms with Gasteiger partial charge in [-0.25, -0.2) is 0 Å². The zero-order valence-electron chi connectivity index (χ0n) is 17.0. The van der Waals surface area contributed by atoms with E-state index in [0.717, 1.165) is 36.2 Å². The van der Waals surface area contributed by atoms with Crippen LogP contribution in [0.1, 0.15) is 47.5 Å². The first-order valence-electron chi connectivity index (χ1n) is 10.6. The Bertz CT molecular complexity index is 1020. The molecule has 2 atom stereocenters. The fraction of sp³-hybridized carbons (Fsp3) is 0.375. The molecule has 2 heterocycles. The molecular weight excluding hydrogens is 378 g/mol. The number of benzene rings is 2. The molecule has 2 aromatic carbocycles. The molecule has 1 aliphatic carbocycles. The predicted octanol–water partition coefficient (Wildman–Crippen LogP) is 3.08. The Balaban J connectivity index is 1.62. The van der Waals surface area contributed by atoms with Gasteiger partial charge >= 0.3 is 0 Å². The molecule has 6 nitrogen and oxygen atoms in total. The monoisotopic (exact) mass is 403 g/mol. The van der Waals surface area contributed by atoms with Crippen LogP contribution in [0.3, 0.4) is 0 Å². The zero-order chi connectivity index (χ0) is 20.8. The summed E-state index contributed by atoms with van der Waals surface area (Å²) in [6, 6.07) is 14.6. The summed E-state index contributed by atoms with van der Waals surface area (Å²) in [5, 5.41) is 2.74. The largest absolute Gasteiger partial charge is 0.357 e. The smallest absolute Gasteiger partial charge is 0.258 e. The first kappa shape index (κ1) is 18.9. The van der Waals surface area contributed by atoms with Gasteiger partial charge in [0.15, 0.2) is 0 Å². The van der Waals surface area contributed by atoms with Crippen molar-refractivity contribution in [1.82, 2.24) is 5.32 Å². The number of nitrogens with one attached hydrogen (secondary N) is 1. The van der Waals surface area contributed by atoms with Crippen LogP contribution in [0.4, 0.5) is 11.4 Å². The van der Waals surface area contributed by atoms with Crippen molar-refractivity contribution in [2.45, 2.75) is 37.6 Å². The standard InChI is InChI=1S/C24H25N3O3/c1-25-22(28)20-13-16-14-26(17-9-3-2-4-10-17)24(30)18-11-6-12-19(21(16)18)27(20)23(29)15-7-5-8-15/h2-4,6,9-12,15-16,20H,5,7-8,13-14H2,1H3,(H,25,28)/t16-,20-/m0/s1. The van der Waals surface area contributed by atoms with E-state index in [1.54, 1.807) is 16.8 Å². The summed E-state index contributed by atoms with van der Waals surface area (Å²) >= 11 is 0. The van der Waals surface area contributed by atoms with E-state index in [-0.39, 0.29) is 29.6 Å². The second-order valence-corrected chi connectivity index (χ2v) is 8.39. The van der Waals surface area contributed by atoms with Crippen LogP contribution in [-0.4, -0.2) is 37.4 Å². The molecule has 154 valence electrons. The second kappa shape index (κ2) is 7.27. The molecule has 2 aliphatic heterocycles. The number of carbonyl (C=O) groups is 3. The first-order chi connectivity index (χ1) is 14.6. The van der Waals surface area contributed by atoms with Crippen LogP contribution in [0, 0.1) is 5.92 Å². The average molecular weight is 403 g/mol. The first-order valence-corrected chi connectivity index (χ1v) is 10.6. The summed E-state index contributed by atoms with van der Waals surface area (Å²) in [5.74, 6) is -0.211. The molecule has 6 heteroatoms. The van der Waals surface area contributed by atoms with Crippen LogP contribution in [-0.2, 0) is 9.59 Å². The van der Waals surface area contributed by atoms with E-state index >= 15 is 0 Å². The van der Waals surface area contributed by atoms with Crippen LogP contribution in [0.25, 0.3) is 0 Å². The van der Waals surface area contributed by atoms with Crippen LogP contribution < -0.4 is 15.1 Å². The highest BCUT2D eigenvalue weighted by Gasteiger charge is 2.46. The van der Waals surface area contributed by atoms with Gasteiger partial charge in [0.1, 0.15) is 6.04 Å². The maximum atomic E-state index is 13.3. The molecule has 3 aliphatic rings. The van der Waals surface area contributed by atoms with Crippen LogP contribution in [0.15, 0.2) is 48.5 Å². The van der Waals surface area contributed by atoms with Crippen molar-refractivity contribution in [1.29, 1.82) is 0 Å². The average Bonchev–Trinajstić information content (AvgIpc) is 2.74. The highest BCUT2D eigenvalue weighted by molar-refractivity contribution is 6.12. The maximum absolute atomic E-state index is 13.3. The predicted molar refractivity (Wildman–Crippen MR) is 115 cm³/mol. The maximum Gasteiger partial charge on any atom is 0.258 e. The van der Waals surface area contributed by atoms with Gasteiger partial charge in [0.05, 0.1) is 0 Å². The molecule has 1 N–H and O–H groups in total. The van der Waals surface area contributed by atoms with Crippen molar-refractivity contribution in [3.8, 4) is 0 Å². The van der Waals surface area contributed by atoms with Gasteiger partial charge in [0, 0.05) is 42.4 Å². The van der Waals surface area contributed by atoms with Crippen LogP contribution in [0.2, 0.25) is 0 Å². The molecule has 0 aromatic heterocycles. The molecule has 3 amide bonds. The molecule has 0 saturated heterocycles. The molecule has 1 saturated carbocycles. The van der Waals surface area contributed by atoms with E-state index in [4.69, 9.17) is 0 Å². The summed E-state index contributed by atoms with van der Waals surface area (Å²) in [5.41, 5.74) is 3.13. The van der Waals surface area contributed by atoms with E-state index in [1.165, 1.54) is 0 Å². The summed E-state index contributed by atoms with van der Waals surface area (Å²) in [6.45, 7) is 0.506. The highest BCUT2D eigenvalue weighted by atomic mass is 16.2. The third-order valence-electron chi connectivity index (χ3n) is 6.76. The van der Waals surface area contributed by atoms with Gasteiger partial charge < -0.3 is 10.2 Å². The quantitative estimate of drug-likeness (QED) is 0.856. The van der Waals surface area contributed by atoms with Crippen LogP contribution in [0.5, 0.6) is 0 Å². The van der Waals surface area contributed by atoms with Gasteiger partial charge in [-0.1, -0.05) is 30.7 Å². The second-order valence-electron chi connectivity index (χ2n) is 8.39. The molecule has 0 spiro atoms. The van der Waals surface area contributed by atoms with Crippen molar-refractivity contribution >= 4 is 29.1 Å². The number of hydrogen-bond acceptors (Lipinski definition) is 3. The molecule has 5 rings (SSSR count). The minimum absolute atomic E-state index is 0.00171. The number of nitrogens with zero attached hydrogens (tertiary/aromatic N) is 2. The minimum Gasteiger partial charge on any atom is -0.357 e. The zero-order valence-corrected chi connectivity index (χ0v) is 17.0. The van der Waals surface area contributed by atoms with E-state index < -0.39 is 6.04 Å². The lowest BCUT2D eigenvalue weighted by Crippen LogP contribution is -2.56. The number of para-hydroxylation sites is 1. The van der Waals surface area contributed by atoms with Gasteiger partial charge in [0.2, 0.25) is 11.8 Å². The highest BCUT2D eigenvalue weighted by Crippen LogP contribution is 2.46. The van der Waals surface area contributed by atoms with Crippen molar-refractivity contribution in [2.75, 3.05) is 23.4 Å². The van der Waals surface area contributed by atoms with Crippen molar-refractivity contribution in [3.63, 3.8) is 0 Å².